The standard InChI is InChI=1S/C14H21NO5/c1-3-20-12-5-4-11(10-13(12)18-2)14(17)15-6-8-19-9-7-16/h4-5,10,16H,3,6-9H2,1-2H3,(H,15,17). The second kappa shape index (κ2) is 9.17. The molecule has 6 heteroatoms. The van der Waals surface area contributed by atoms with Gasteiger partial charge in [0, 0.05) is 12.1 Å². The first-order valence-corrected chi connectivity index (χ1v) is 6.50. The summed E-state index contributed by atoms with van der Waals surface area (Å²) in [6.45, 7) is 3.40. The van der Waals surface area contributed by atoms with Crippen molar-refractivity contribution < 1.29 is 24.1 Å². The van der Waals surface area contributed by atoms with Crippen LogP contribution in [-0.4, -0.2) is 51.1 Å². The summed E-state index contributed by atoms with van der Waals surface area (Å²) in [6, 6.07) is 5.02. The van der Waals surface area contributed by atoms with Crippen molar-refractivity contribution in [2.45, 2.75) is 6.92 Å². The van der Waals surface area contributed by atoms with Crippen LogP contribution in [0, 0.1) is 0 Å². The number of hydrogen-bond donors (Lipinski definition) is 2. The number of methoxy groups -OCH3 is 1. The quantitative estimate of drug-likeness (QED) is 0.657. The smallest absolute Gasteiger partial charge is 0.251 e. The van der Waals surface area contributed by atoms with Crippen molar-refractivity contribution in [2.75, 3.05) is 40.1 Å². The molecule has 0 saturated carbocycles. The topological polar surface area (TPSA) is 77.0 Å². The molecule has 0 spiro atoms. The summed E-state index contributed by atoms with van der Waals surface area (Å²) in [6.07, 6.45) is 0. The van der Waals surface area contributed by atoms with E-state index in [0.29, 0.717) is 36.8 Å². The van der Waals surface area contributed by atoms with Crippen molar-refractivity contribution in [3.63, 3.8) is 0 Å². The lowest BCUT2D eigenvalue weighted by Gasteiger charge is -2.11. The summed E-state index contributed by atoms with van der Waals surface area (Å²) < 4.78 is 15.6. The number of aliphatic hydroxyl groups excluding tert-OH is 1. The second-order valence-corrected chi connectivity index (χ2v) is 3.89. The molecule has 0 heterocycles. The van der Waals surface area contributed by atoms with E-state index in [-0.39, 0.29) is 19.1 Å². The number of aliphatic hydroxyl groups is 1. The van der Waals surface area contributed by atoms with Crippen molar-refractivity contribution in [3.05, 3.63) is 23.8 Å². The van der Waals surface area contributed by atoms with Crippen molar-refractivity contribution in [3.8, 4) is 11.5 Å². The average Bonchev–Trinajstić information content (AvgIpc) is 2.47. The first-order valence-electron chi connectivity index (χ1n) is 6.50. The largest absolute Gasteiger partial charge is 0.493 e. The molecule has 0 aromatic heterocycles. The predicted molar refractivity (Wildman–Crippen MR) is 74.4 cm³/mol. The Morgan fingerprint density at radius 3 is 2.75 bits per heavy atom. The molecule has 1 aromatic rings. The molecule has 1 amide bonds. The Labute approximate surface area is 118 Å². The Balaban J connectivity index is 2.55. The second-order valence-electron chi connectivity index (χ2n) is 3.89. The molecular weight excluding hydrogens is 262 g/mol. The first kappa shape index (κ1) is 16.3. The number of hydrogen-bond acceptors (Lipinski definition) is 5. The van der Waals surface area contributed by atoms with Crippen LogP contribution < -0.4 is 14.8 Å². The normalized spacial score (nSPS) is 10.2. The zero-order valence-electron chi connectivity index (χ0n) is 11.8. The van der Waals surface area contributed by atoms with Gasteiger partial charge in [0.1, 0.15) is 0 Å². The van der Waals surface area contributed by atoms with Crippen LogP contribution in [0.25, 0.3) is 0 Å². The van der Waals surface area contributed by atoms with Crippen molar-refractivity contribution in [2.24, 2.45) is 0 Å². The van der Waals surface area contributed by atoms with Gasteiger partial charge in [-0.2, -0.15) is 0 Å². The van der Waals surface area contributed by atoms with E-state index in [2.05, 4.69) is 5.32 Å². The number of carbonyl (C=O) groups excluding carboxylic acids is 1. The highest BCUT2D eigenvalue weighted by Crippen LogP contribution is 2.27. The molecule has 0 aliphatic heterocycles. The van der Waals surface area contributed by atoms with Crippen molar-refractivity contribution >= 4 is 5.91 Å². The molecule has 0 atom stereocenters. The van der Waals surface area contributed by atoms with Gasteiger partial charge in [-0.15, -0.1) is 0 Å². The summed E-state index contributed by atoms with van der Waals surface area (Å²) in [4.78, 5) is 11.9. The molecule has 2 N–H and O–H groups in total. The minimum atomic E-state index is -0.209. The maximum Gasteiger partial charge on any atom is 0.251 e. The molecule has 0 fully saturated rings. The fourth-order valence-electron chi connectivity index (χ4n) is 1.59. The van der Waals surface area contributed by atoms with Gasteiger partial charge in [-0.25, -0.2) is 0 Å². The van der Waals surface area contributed by atoms with Crippen LogP contribution in [0.3, 0.4) is 0 Å². The van der Waals surface area contributed by atoms with Gasteiger partial charge in [0.15, 0.2) is 11.5 Å². The van der Waals surface area contributed by atoms with E-state index in [1.165, 1.54) is 7.11 Å². The third kappa shape index (κ3) is 5.07. The van der Waals surface area contributed by atoms with Crippen LogP contribution in [0.1, 0.15) is 17.3 Å². The Bertz CT molecular complexity index is 422. The third-order valence-electron chi connectivity index (χ3n) is 2.49. The third-order valence-corrected chi connectivity index (χ3v) is 2.49. The molecule has 1 aromatic carbocycles. The van der Waals surface area contributed by atoms with E-state index in [1.54, 1.807) is 18.2 Å². The van der Waals surface area contributed by atoms with Crippen molar-refractivity contribution in [1.82, 2.24) is 5.32 Å². The average molecular weight is 283 g/mol. The Morgan fingerprint density at radius 2 is 2.10 bits per heavy atom. The van der Waals surface area contributed by atoms with Gasteiger partial charge >= 0.3 is 0 Å². The summed E-state index contributed by atoms with van der Waals surface area (Å²) in [7, 11) is 1.53. The van der Waals surface area contributed by atoms with Crippen LogP contribution in [-0.2, 0) is 4.74 Å². The number of rotatable bonds is 9. The van der Waals surface area contributed by atoms with E-state index in [9.17, 15) is 4.79 Å². The highest BCUT2D eigenvalue weighted by atomic mass is 16.5. The van der Waals surface area contributed by atoms with E-state index in [4.69, 9.17) is 19.3 Å². The van der Waals surface area contributed by atoms with Gasteiger partial charge in [-0.05, 0) is 25.1 Å². The first-order chi connectivity index (χ1) is 9.72. The highest BCUT2D eigenvalue weighted by molar-refractivity contribution is 5.94. The zero-order valence-corrected chi connectivity index (χ0v) is 11.8. The van der Waals surface area contributed by atoms with Gasteiger partial charge < -0.3 is 24.6 Å². The highest BCUT2D eigenvalue weighted by Gasteiger charge is 2.10. The summed E-state index contributed by atoms with van der Waals surface area (Å²) >= 11 is 0. The van der Waals surface area contributed by atoms with Crippen molar-refractivity contribution in [1.29, 1.82) is 0 Å². The number of benzene rings is 1. The molecule has 1 rings (SSSR count). The Hall–Kier alpha value is -1.79. The number of carbonyl (C=O) groups is 1. The summed E-state index contributed by atoms with van der Waals surface area (Å²) in [5.74, 6) is 0.924. The number of nitrogens with one attached hydrogen (secondary N) is 1. The van der Waals surface area contributed by atoms with Crippen LogP contribution >= 0.6 is 0 Å². The van der Waals surface area contributed by atoms with E-state index >= 15 is 0 Å². The molecule has 0 unspecified atom stereocenters. The molecule has 0 saturated heterocycles. The van der Waals surface area contributed by atoms with Gasteiger partial charge in [-0.3, -0.25) is 4.79 Å². The van der Waals surface area contributed by atoms with E-state index < -0.39 is 0 Å². The van der Waals surface area contributed by atoms with Gasteiger partial charge in [0.2, 0.25) is 0 Å². The molecular formula is C14H21NO5. The predicted octanol–water partition coefficient (Wildman–Crippen LogP) is 0.833. The maximum atomic E-state index is 11.9. The molecule has 20 heavy (non-hydrogen) atoms. The fraction of sp³-hybridized carbons (Fsp3) is 0.500. The van der Waals surface area contributed by atoms with Crippen LogP contribution in [0.5, 0.6) is 11.5 Å². The molecule has 6 nitrogen and oxygen atoms in total. The van der Waals surface area contributed by atoms with Gasteiger partial charge in [0.25, 0.3) is 5.91 Å². The molecule has 0 bridgehead atoms. The Morgan fingerprint density at radius 1 is 1.30 bits per heavy atom. The lowest BCUT2D eigenvalue weighted by molar-refractivity contribution is 0.0838. The Kier molecular flexibility index (Phi) is 7.46. The fourth-order valence-corrected chi connectivity index (χ4v) is 1.59. The monoisotopic (exact) mass is 283 g/mol. The van der Waals surface area contributed by atoms with Gasteiger partial charge in [-0.1, -0.05) is 0 Å². The SMILES string of the molecule is CCOc1ccc(C(=O)NCCOCCO)cc1OC. The van der Waals surface area contributed by atoms with E-state index in [1.807, 2.05) is 6.92 Å². The lowest BCUT2D eigenvalue weighted by atomic mass is 10.2. The molecule has 0 aliphatic carbocycles. The van der Waals surface area contributed by atoms with Gasteiger partial charge in [0.05, 0.1) is 33.5 Å². The van der Waals surface area contributed by atoms with Crippen LogP contribution in [0.4, 0.5) is 0 Å². The zero-order chi connectivity index (χ0) is 14.8. The lowest BCUT2D eigenvalue weighted by Crippen LogP contribution is -2.27. The number of amides is 1. The summed E-state index contributed by atoms with van der Waals surface area (Å²) in [5.41, 5.74) is 0.493. The summed E-state index contributed by atoms with van der Waals surface area (Å²) in [5, 5.41) is 11.3. The molecule has 112 valence electrons. The molecule has 0 aliphatic rings. The van der Waals surface area contributed by atoms with Crippen LogP contribution in [0.2, 0.25) is 0 Å². The maximum absolute atomic E-state index is 11.9. The number of ether oxygens (including phenoxy) is 3. The minimum absolute atomic E-state index is 0.0238. The van der Waals surface area contributed by atoms with E-state index in [0.717, 1.165) is 0 Å². The minimum Gasteiger partial charge on any atom is -0.493 e. The molecule has 0 radical (unpaired) electrons. The van der Waals surface area contributed by atoms with Crippen LogP contribution in [0.15, 0.2) is 18.2 Å².